The molecule has 0 aliphatic carbocycles. The number of nitrogens with one attached hydrogen (secondary N) is 3. The molecule has 0 saturated carbocycles. The Labute approximate surface area is 165 Å². The van der Waals surface area contributed by atoms with Gasteiger partial charge < -0.3 is 20.5 Å². The van der Waals surface area contributed by atoms with Gasteiger partial charge in [0.25, 0.3) is 5.91 Å². The number of carbonyl (C=O) groups is 3. The van der Waals surface area contributed by atoms with Crippen molar-refractivity contribution in [2.75, 3.05) is 18.5 Å². The maximum Gasteiger partial charge on any atom is 0.310 e. The second-order valence-electron chi connectivity index (χ2n) is 6.87. The molecule has 8 heteroatoms. The van der Waals surface area contributed by atoms with E-state index in [0.717, 1.165) is 16.5 Å². The summed E-state index contributed by atoms with van der Waals surface area (Å²) in [4.78, 5) is 41.3. The van der Waals surface area contributed by atoms with Crippen LogP contribution in [-0.2, 0) is 20.8 Å². The Balaban J connectivity index is 1.36. The summed E-state index contributed by atoms with van der Waals surface area (Å²) in [5.74, 6) is -2.34. The van der Waals surface area contributed by atoms with Crippen molar-refractivity contribution < 1.29 is 18.8 Å². The van der Waals surface area contributed by atoms with Gasteiger partial charge in [-0.25, -0.2) is 4.39 Å². The number of anilines is 1. The Morgan fingerprint density at radius 1 is 1.17 bits per heavy atom. The summed E-state index contributed by atoms with van der Waals surface area (Å²) < 4.78 is 13.4. The summed E-state index contributed by atoms with van der Waals surface area (Å²) in [6, 6.07) is 10.7. The Bertz CT molecular complexity index is 1120. The van der Waals surface area contributed by atoms with E-state index in [1.807, 2.05) is 0 Å². The molecule has 0 spiro atoms. The lowest BCUT2D eigenvalue weighted by atomic mass is 10.1. The molecule has 1 unspecified atom stereocenters. The first kappa shape index (κ1) is 18.7. The molecule has 1 aromatic heterocycles. The van der Waals surface area contributed by atoms with Crippen LogP contribution in [0.1, 0.15) is 17.2 Å². The molecule has 29 heavy (non-hydrogen) atoms. The number of hydrogen-bond donors (Lipinski definition) is 3. The SMILES string of the molecule is CN1C(=O)C(NC(=O)C(=O)NCCc2c[nH]c3ccc(F)cc23)c2ccccc21. The second kappa shape index (κ2) is 7.38. The van der Waals surface area contributed by atoms with E-state index < -0.39 is 17.9 Å². The number of para-hydroxylation sites is 1. The van der Waals surface area contributed by atoms with Gasteiger partial charge in [-0.1, -0.05) is 18.2 Å². The van der Waals surface area contributed by atoms with Crippen LogP contribution in [0.2, 0.25) is 0 Å². The summed E-state index contributed by atoms with van der Waals surface area (Å²) in [6.45, 7) is 0.199. The number of aromatic amines is 1. The van der Waals surface area contributed by atoms with Gasteiger partial charge in [0.05, 0.1) is 0 Å². The van der Waals surface area contributed by atoms with Crippen LogP contribution in [0.15, 0.2) is 48.7 Å². The first-order valence-electron chi connectivity index (χ1n) is 9.16. The van der Waals surface area contributed by atoms with Gasteiger partial charge in [0.2, 0.25) is 0 Å². The maximum absolute atomic E-state index is 13.4. The second-order valence-corrected chi connectivity index (χ2v) is 6.87. The largest absolute Gasteiger partial charge is 0.361 e. The number of carbonyl (C=O) groups excluding carboxylic acids is 3. The minimum atomic E-state index is -0.883. The van der Waals surface area contributed by atoms with Crippen LogP contribution in [0.4, 0.5) is 10.1 Å². The van der Waals surface area contributed by atoms with Crippen molar-refractivity contribution >= 4 is 34.3 Å². The average Bonchev–Trinajstić information content (AvgIpc) is 3.22. The van der Waals surface area contributed by atoms with Crippen LogP contribution in [0.5, 0.6) is 0 Å². The van der Waals surface area contributed by atoms with Crippen molar-refractivity contribution in [3.05, 3.63) is 65.6 Å². The molecule has 0 radical (unpaired) electrons. The van der Waals surface area contributed by atoms with E-state index in [-0.39, 0.29) is 18.3 Å². The molecule has 7 nitrogen and oxygen atoms in total. The summed E-state index contributed by atoms with van der Waals surface area (Å²) in [5, 5.41) is 5.77. The van der Waals surface area contributed by atoms with E-state index >= 15 is 0 Å². The third-order valence-electron chi connectivity index (χ3n) is 5.08. The fourth-order valence-electron chi connectivity index (χ4n) is 3.57. The standard InChI is InChI=1S/C21H19FN4O3/c1-26-17-5-3-2-4-14(17)18(21(26)29)25-20(28)19(27)23-9-8-12-11-24-16-7-6-13(22)10-15(12)16/h2-7,10-11,18,24H,8-9H2,1H3,(H,23,27)(H,25,28). The molecule has 0 fully saturated rings. The highest BCUT2D eigenvalue weighted by Crippen LogP contribution is 2.34. The fraction of sp³-hybridized carbons (Fsp3) is 0.190. The van der Waals surface area contributed by atoms with Gasteiger partial charge in [-0.15, -0.1) is 0 Å². The molecule has 4 rings (SSSR count). The zero-order chi connectivity index (χ0) is 20.5. The van der Waals surface area contributed by atoms with E-state index in [9.17, 15) is 18.8 Å². The molecule has 2 heterocycles. The highest BCUT2D eigenvalue weighted by atomic mass is 19.1. The number of rotatable bonds is 4. The molecule has 0 bridgehead atoms. The van der Waals surface area contributed by atoms with Gasteiger partial charge >= 0.3 is 11.8 Å². The monoisotopic (exact) mass is 394 g/mol. The molecule has 1 aliphatic heterocycles. The molecule has 1 aliphatic rings. The first-order chi connectivity index (χ1) is 14.0. The maximum atomic E-state index is 13.4. The minimum Gasteiger partial charge on any atom is -0.361 e. The molecule has 1 atom stereocenters. The normalized spacial score (nSPS) is 15.4. The molecule has 148 valence electrons. The molecule has 3 N–H and O–H groups in total. The molecule has 0 saturated heterocycles. The minimum absolute atomic E-state index is 0.199. The number of fused-ring (bicyclic) bond motifs is 2. The molecular weight excluding hydrogens is 375 g/mol. The average molecular weight is 394 g/mol. The number of hydrogen-bond acceptors (Lipinski definition) is 3. The summed E-state index contributed by atoms with van der Waals surface area (Å²) in [6.07, 6.45) is 2.18. The van der Waals surface area contributed by atoms with Crippen molar-refractivity contribution in [1.29, 1.82) is 0 Å². The Morgan fingerprint density at radius 2 is 1.97 bits per heavy atom. The number of nitrogens with zero attached hydrogens (tertiary/aromatic N) is 1. The highest BCUT2D eigenvalue weighted by molar-refractivity contribution is 6.35. The third kappa shape index (κ3) is 3.44. The number of benzene rings is 2. The van der Waals surface area contributed by atoms with E-state index in [1.165, 1.54) is 17.0 Å². The summed E-state index contributed by atoms with van der Waals surface area (Å²) in [7, 11) is 1.62. The van der Waals surface area contributed by atoms with Crippen molar-refractivity contribution in [2.24, 2.45) is 0 Å². The predicted molar refractivity (Wildman–Crippen MR) is 106 cm³/mol. The Hall–Kier alpha value is -3.68. The molecule has 3 aromatic rings. The van der Waals surface area contributed by atoms with Crippen LogP contribution >= 0.6 is 0 Å². The number of amides is 3. The lowest BCUT2D eigenvalue weighted by Crippen LogP contribution is -2.44. The number of halogens is 1. The zero-order valence-corrected chi connectivity index (χ0v) is 15.7. The van der Waals surface area contributed by atoms with Gasteiger partial charge in [0.1, 0.15) is 11.9 Å². The fourth-order valence-corrected chi connectivity index (χ4v) is 3.57. The van der Waals surface area contributed by atoms with Crippen molar-refractivity contribution in [1.82, 2.24) is 15.6 Å². The molecule has 2 aromatic carbocycles. The van der Waals surface area contributed by atoms with Crippen LogP contribution in [-0.4, -0.2) is 36.3 Å². The van der Waals surface area contributed by atoms with Crippen molar-refractivity contribution in [3.63, 3.8) is 0 Å². The summed E-state index contributed by atoms with van der Waals surface area (Å²) in [5.41, 5.74) is 2.99. The third-order valence-corrected chi connectivity index (χ3v) is 5.08. The first-order valence-corrected chi connectivity index (χ1v) is 9.16. The molecular formula is C21H19FN4O3. The van der Waals surface area contributed by atoms with Crippen molar-refractivity contribution in [3.8, 4) is 0 Å². The lowest BCUT2D eigenvalue weighted by molar-refractivity contribution is -0.140. The van der Waals surface area contributed by atoms with Crippen LogP contribution in [0.25, 0.3) is 10.9 Å². The van der Waals surface area contributed by atoms with Crippen molar-refractivity contribution in [2.45, 2.75) is 12.5 Å². The van der Waals surface area contributed by atoms with Gasteiger partial charge in [-0.3, -0.25) is 14.4 Å². The Morgan fingerprint density at radius 3 is 2.79 bits per heavy atom. The van der Waals surface area contributed by atoms with Gasteiger partial charge in [0.15, 0.2) is 0 Å². The zero-order valence-electron chi connectivity index (χ0n) is 15.7. The van der Waals surface area contributed by atoms with E-state index in [4.69, 9.17) is 0 Å². The van der Waals surface area contributed by atoms with Crippen LogP contribution in [0, 0.1) is 5.82 Å². The quantitative estimate of drug-likeness (QED) is 0.589. The van der Waals surface area contributed by atoms with Gasteiger partial charge in [-0.2, -0.15) is 0 Å². The lowest BCUT2D eigenvalue weighted by Gasteiger charge is -2.13. The van der Waals surface area contributed by atoms with E-state index in [0.29, 0.717) is 17.7 Å². The Kier molecular flexibility index (Phi) is 4.75. The van der Waals surface area contributed by atoms with Gasteiger partial charge in [-0.05, 0) is 36.2 Å². The smallest absolute Gasteiger partial charge is 0.310 e. The van der Waals surface area contributed by atoms with E-state index in [1.54, 1.807) is 43.6 Å². The summed E-state index contributed by atoms with van der Waals surface area (Å²) >= 11 is 0. The molecule has 3 amide bonds. The van der Waals surface area contributed by atoms with Crippen LogP contribution in [0.3, 0.4) is 0 Å². The number of aromatic nitrogens is 1. The topological polar surface area (TPSA) is 94.3 Å². The number of likely N-dealkylation sites (N-methyl/N-ethyl adjacent to an activating group) is 1. The van der Waals surface area contributed by atoms with Crippen LogP contribution < -0.4 is 15.5 Å². The van der Waals surface area contributed by atoms with Gasteiger partial charge in [0, 0.05) is 41.9 Å². The van der Waals surface area contributed by atoms with E-state index in [2.05, 4.69) is 15.6 Å². The number of H-pyrrole nitrogens is 1. The highest BCUT2D eigenvalue weighted by Gasteiger charge is 2.36. The predicted octanol–water partition coefficient (Wildman–Crippen LogP) is 1.80.